The van der Waals surface area contributed by atoms with Crippen molar-refractivity contribution in [2.45, 2.75) is 71.8 Å². The number of aromatic nitrogens is 2. The standard InChI is InChI=1S/C25H32FN3O/c1-5-13-28(16(3)6-2)25(30)21-12-7-18-14-23-22(17(4)24(18)21)15-27-29(23)20-10-8-19(26)9-11-20/h8-11,15-17,21H,5-7,12-14H2,1-4H3/t16?,17-,21+/m0/s1. The maximum atomic E-state index is 13.5. The molecule has 4 nitrogen and oxygen atoms in total. The number of allylic oxidation sites excluding steroid dienone is 1. The van der Waals surface area contributed by atoms with Gasteiger partial charge in [-0.2, -0.15) is 5.10 Å². The van der Waals surface area contributed by atoms with Crippen LogP contribution in [0.3, 0.4) is 0 Å². The van der Waals surface area contributed by atoms with E-state index in [1.165, 1.54) is 34.5 Å². The monoisotopic (exact) mass is 409 g/mol. The normalized spacial score (nSPS) is 21.4. The molecule has 2 aliphatic rings. The van der Waals surface area contributed by atoms with Crippen molar-refractivity contribution in [1.82, 2.24) is 14.7 Å². The van der Waals surface area contributed by atoms with Gasteiger partial charge in [0.25, 0.3) is 0 Å². The van der Waals surface area contributed by atoms with Crippen molar-refractivity contribution in [3.8, 4) is 5.69 Å². The van der Waals surface area contributed by atoms with Gasteiger partial charge in [-0.3, -0.25) is 4.79 Å². The molecule has 0 saturated carbocycles. The van der Waals surface area contributed by atoms with Crippen LogP contribution < -0.4 is 0 Å². The predicted octanol–water partition coefficient (Wildman–Crippen LogP) is 5.41. The first-order chi connectivity index (χ1) is 14.5. The maximum Gasteiger partial charge on any atom is 0.230 e. The number of hydrogen-bond donors (Lipinski definition) is 0. The lowest BCUT2D eigenvalue weighted by molar-refractivity contribution is -0.136. The lowest BCUT2D eigenvalue weighted by Gasteiger charge is -2.33. The highest BCUT2D eigenvalue weighted by Crippen LogP contribution is 2.47. The highest BCUT2D eigenvalue weighted by molar-refractivity contribution is 5.83. The minimum absolute atomic E-state index is 0.00197. The van der Waals surface area contributed by atoms with Gasteiger partial charge in [-0.15, -0.1) is 0 Å². The fourth-order valence-electron chi connectivity index (χ4n) is 5.23. The second-order valence-electron chi connectivity index (χ2n) is 8.77. The molecule has 0 fully saturated rings. The second-order valence-corrected chi connectivity index (χ2v) is 8.77. The average Bonchev–Trinajstić information content (AvgIpc) is 3.37. The molecule has 30 heavy (non-hydrogen) atoms. The molecule has 1 heterocycles. The zero-order valence-electron chi connectivity index (χ0n) is 18.5. The lowest BCUT2D eigenvalue weighted by Crippen LogP contribution is -2.43. The number of benzene rings is 1. The summed E-state index contributed by atoms with van der Waals surface area (Å²) in [5.41, 5.74) is 5.98. The van der Waals surface area contributed by atoms with E-state index in [0.29, 0.717) is 5.91 Å². The Kier molecular flexibility index (Phi) is 5.81. The van der Waals surface area contributed by atoms with Gasteiger partial charge in [0, 0.05) is 30.5 Å². The molecule has 0 saturated heterocycles. The summed E-state index contributed by atoms with van der Waals surface area (Å²) >= 11 is 0. The molecule has 0 bridgehead atoms. The minimum Gasteiger partial charge on any atom is -0.339 e. The largest absolute Gasteiger partial charge is 0.339 e. The Morgan fingerprint density at radius 1 is 1.30 bits per heavy atom. The number of halogens is 1. The third-order valence-electron chi connectivity index (χ3n) is 6.97. The summed E-state index contributed by atoms with van der Waals surface area (Å²) in [4.78, 5) is 15.6. The van der Waals surface area contributed by atoms with Crippen LogP contribution in [0.1, 0.15) is 70.6 Å². The van der Waals surface area contributed by atoms with Gasteiger partial charge < -0.3 is 4.90 Å². The fraction of sp³-hybridized carbons (Fsp3) is 0.520. The summed E-state index contributed by atoms with van der Waals surface area (Å²) in [5.74, 6) is 0.248. The number of fused-ring (bicyclic) bond motifs is 1. The van der Waals surface area contributed by atoms with E-state index in [1.54, 1.807) is 12.1 Å². The smallest absolute Gasteiger partial charge is 0.230 e. The van der Waals surface area contributed by atoms with E-state index in [-0.39, 0.29) is 23.7 Å². The van der Waals surface area contributed by atoms with Crippen molar-refractivity contribution in [3.05, 3.63) is 58.7 Å². The van der Waals surface area contributed by atoms with E-state index in [1.807, 2.05) is 10.9 Å². The highest BCUT2D eigenvalue weighted by Gasteiger charge is 2.41. The molecule has 0 aliphatic heterocycles. The third kappa shape index (κ3) is 3.48. The summed E-state index contributed by atoms with van der Waals surface area (Å²) < 4.78 is 15.3. The molecule has 160 valence electrons. The topological polar surface area (TPSA) is 38.1 Å². The van der Waals surface area contributed by atoms with Gasteiger partial charge in [0.1, 0.15) is 5.82 Å². The minimum atomic E-state index is -0.242. The number of rotatable bonds is 6. The molecule has 0 spiro atoms. The van der Waals surface area contributed by atoms with Gasteiger partial charge in [0.05, 0.1) is 23.5 Å². The SMILES string of the molecule is CCCN(C(=O)[C@@H]1CCC2=C1[C@@H](C)c1cnn(-c3ccc(F)cc3)c1C2)C(C)CC. The zero-order valence-corrected chi connectivity index (χ0v) is 18.5. The van der Waals surface area contributed by atoms with Crippen LogP contribution in [-0.2, 0) is 11.2 Å². The Labute approximate surface area is 178 Å². The van der Waals surface area contributed by atoms with E-state index >= 15 is 0 Å². The van der Waals surface area contributed by atoms with Gasteiger partial charge in [0.15, 0.2) is 0 Å². The number of carbonyl (C=O) groups excluding carboxylic acids is 1. The van der Waals surface area contributed by atoms with Gasteiger partial charge in [0.2, 0.25) is 5.91 Å². The molecule has 3 atom stereocenters. The Morgan fingerprint density at radius 2 is 2.03 bits per heavy atom. The molecule has 4 rings (SSSR count). The molecule has 0 radical (unpaired) electrons. The van der Waals surface area contributed by atoms with Crippen LogP contribution in [0.2, 0.25) is 0 Å². The van der Waals surface area contributed by atoms with Gasteiger partial charge >= 0.3 is 0 Å². The first kappa shape index (κ1) is 20.8. The fourth-order valence-corrected chi connectivity index (χ4v) is 5.23. The highest BCUT2D eigenvalue weighted by atomic mass is 19.1. The lowest BCUT2D eigenvalue weighted by atomic mass is 9.79. The predicted molar refractivity (Wildman–Crippen MR) is 117 cm³/mol. The summed E-state index contributed by atoms with van der Waals surface area (Å²) in [6.07, 6.45) is 6.62. The maximum absolute atomic E-state index is 13.5. The molecule has 1 unspecified atom stereocenters. The molecule has 2 aliphatic carbocycles. The van der Waals surface area contributed by atoms with E-state index in [9.17, 15) is 9.18 Å². The first-order valence-corrected chi connectivity index (χ1v) is 11.3. The molecule has 1 aromatic carbocycles. The van der Waals surface area contributed by atoms with Crippen molar-refractivity contribution >= 4 is 5.91 Å². The summed E-state index contributed by atoms with van der Waals surface area (Å²) in [7, 11) is 0. The molecular weight excluding hydrogens is 377 g/mol. The van der Waals surface area contributed by atoms with E-state index in [0.717, 1.165) is 44.3 Å². The van der Waals surface area contributed by atoms with Gasteiger partial charge in [-0.1, -0.05) is 31.9 Å². The zero-order chi connectivity index (χ0) is 21.4. The van der Waals surface area contributed by atoms with Crippen molar-refractivity contribution in [1.29, 1.82) is 0 Å². The Hall–Kier alpha value is -2.43. The number of nitrogens with zero attached hydrogens (tertiary/aromatic N) is 3. The van der Waals surface area contributed by atoms with Gasteiger partial charge in [-0.05, 0) is 56.9 Å². The number of hydrogen-bond acceptors (Lipinski definition) is 2. The Balaban J connectivity index is 1.64. The van der Waals surface area contributed by atoms with Crippen molar-refractivity contribution in [3.63, 3.8) is 0 Å². The molecule has 5 heteroatoms. The van der Waals surface area contributed by atoms with Crippen molar-refractivity contribution < 1.29 is 9.18 Å². The van der Waals surface area contributed by atoms with Crippen LogP contribution in [0, 0.1) is 11.7 Å². The van der Waals surface area contributed by atoms with E-state index < -0.39 is 0 Å². The summed E-state index contributed by atoms with van der Waals surface area (Å²) in [6.45, 7) is 9.49. The van der Waals surface area contributed by atoms with Crippen molar-refractivity contribution in [2.24, 2.45) is 5.92 Å². The van der Waals surface area contributed by atoms with Crippen LogP contribution in [0.15, 0.2) is 41.6 Å². The molecule has 0 N–H and O–H groups in total. The molecular formula is C25H32FN3O. The molecule has 1 amide bonds. The first-order valence-electron chi connectivity index (χ1n) is 11.3. The number of carbonyl (C=O) groups is 1. The quantitative estimate of drug-likeness (QED) is 0.598. The summed E-state index contributed by atoms with van der Waals surface area (Å²) in [6, 6.07) is 6.77. The van der Waals surface area contributed by atoms with Crippen LogP contribution in [-0.4, -0.2) is 33.2 Å². The van der Waals surface area contributed by atoms with E-state index in [2.05, 4.69) is 37.7 Å². The summed E-state index contributed by atoms with van der Waals surface area (Å²) in [5, 5.41) is 4.62. The van der Waals surface area contributed by atoms with Gasteiger partial charge in [-0.25, -0.2) is 9.07 Å². The third-order valence-corrected chi connectivity index (χ3v) is 6.97. The molecule has 1 aromatic heterocycles. The Morgan fingerprint density at radius 3 is 2.70 bits per heavy atom. The van der Waals surface area contributed by atoms with Crippen LogP contribution in [0.5, 0.6) is 0 Å². The van der Waals surface area contributed by atoms with Crippen LogP contribution in [0.4, 0.5) is 4.39 Å². The van der Waals surface area contributed by atoms with Crippen LogP contribution >= 0.6 is 0 Å². The Bertz CT molecular complexity index is 959. The second kappa shape index (κ2) is 8.37. The van der Waals surface area contributed by atoms with Crippen molar-refractivity contribution in [2.75, 3.05) is 6.54 Å². The molecule has 2 aromatic rings. The van der Waals surface area contributed by atoms with E-state index in [4.69, 9.17) is 0 Å². The number of amides is 1. The van der Waals surface area contributed by atoms with Crippen LogP contribution in [0.25, 0.3) is 5.69 Å². The average molecular weight is 410 g/mol.